The minimum Gasteiger partial charge on any atom is -0.870 e. The number of esters is 2. The zero-order valence-corrected chi connectivity index (χ0v) is 32.0. The van der Waals surface area contributed by atoms with E-state index in [0.717, 1.165) is 38.5 Å². The molecule has 264 valence electrons. The van der Waals surface area contributed by atoms with Gasteiger partial charge in [-0.3, -0.25) is 0 Å². The van der Waals surface area contributed by atoms with Gasteiger partial charge in [-0.2, -0.15) is 0 Å². The SMILES string of the molecule is C.COC1OC(=O)C(c2ccc(Cl)cc2Cl)=C(O)C12CCCCC2.COC1OC(=O)C(c2ccc(Cl)cc2Cl)=C(O)C12CCCCC2.[Na+].[OH-]. The summed E-state index contributed by atoms with van der Waals surface area (Å²) in [5.41, 5.74) is -0.307. The molecule has 0 bridgehead atoms. The molecule has 2 heterocycles. The van der Waals surface area contributed by atoms with Gasteiger partial charge in [0, 0.05) is 35.4 Å². The molecule has 49 heavy (non-hydrogen) atoms. The van der Waals surface area contributed by atoms with Crippen LogP contribution in [0, 0.1) is 10.8 Å². The van der Waals surface area contributed by atoms with Crippen LogP contribution in [0.1, 0.15) is 82.8 Å². The van der Waals surface area contributed by atoms with Crippen LogP contribution >= 0.6 is 46.4 Å². The van der Waals surface area contributed by atoms with Crippen molar-refractivity contribution in [3.05, 3.63) is 79.1 Å². The number of hydrogen-bond acceptors (Lipinski definition) is 9. The van der Waals surface area contributed by atoms with Crippen molar-refractivity contribution < 1.29 is 73.8 Å². The number of benzene rings is 2. The van der Waals surface area contributed by atoms with Crippen LogP contribution in [0.25, 0.3) is 11.1 Å². The first-order chi connectivity index (χ1) is 22.0. The summed E-state index contributed by atoms with van der Waals surface area (Å²) in [6.07, 6.45) is 7.26. The van der Waals surface area contributed by atoms with Gasteiger partial charge in [0.25, 0.3) is 0 Å². The van der Waals surface area contributed by atoms with Crippen LogP contribution in [0.2, 0.25) is 20.1 Å². The summed E-state index contributed by atoms with van der Waals surface area (Å²) in [6, 6.07) is 9.60. The summed E-state index contributed by atoms with van der Waals surface area (Å²) in [5, 5.41) is 23.5. The van der Waals surface area contributed by atoms with Gasteiger partial charge in [-0.25, -0.2) is 9.59 Å². The van der Waals surface area contributed by atoms with E-state index in [1.54, 1.807) is 36.4 Å². The predicted octanol–water partition coefficient (Wildman–Crippen LogP) is 6.95. The molecule has 2 saturated carbocycles. The summed E-state index contributed by atoms with van der Waals surface area (Å²) in [4.78, 5) is 24.9. The van der Waals surface area contributed by atoms with Gasteiger partial charge in [-0.1, -0.05) is 104 Å². The summed E-state index contributed by atoms with van der Waals surface area (Å²) < 4.78 is 21.7. The Hall–Kier alpha value is -1.50. The van der Waals surface area contributed by atoms with Gasteiger partial charge in [0.2, 0.25) is 12.6 Å². The normalized spacial score (nSPS) is 22.5. The van der Waals surface area contributed by atoms with E-state index in [0.29, 0.717) is 56.9 Å². The van der Waals surface area contributed by atoms with Gasteiger partial charge in [-0.15, -0.1) is 0 Å². The fourth-order valence-corrected chi connectivity index (χ4v) is 8.18. The van der Waals surface area contributed by atoms with Gasteiger partial charge in [0.1, 0.15) is 22.7 Å². The molecule has 2 atom stereocenters. The van der Waals surface area contributed by atoms with Crippen molar-refractivity contribution >= 4 is 69.5 Å². The second-order valence-electron chi connectivity index (χ2n) is 12.1. The number of methoxy groups -OCH3 is 2. The Morgan fingerprint density at radius 1 is 0.653 bits per heavy atom. The molecule has 2 unspecified atom stereocenters. The molecule has 2 aliphatic carbocycles. The fourth-order valence-electron chi connectivity index (χ4n) is 7.17. The average molecular weight is 771 g/mol. The first-order valence-corrected chi connectivity index (χ1v) is 16.8. The Morgan fingerprint density at radius 2 is 0.980 bits per heavy atom. The fraction of sp³-hybridized carbons (Fsp3) is 0.486. The third kappa shape index (κ3) is 8.43. The Bertz CT molecular complexity index is 1450. The molecule has 2 fully saturated rings. The molecular formula is C35H41Cl4NaO9. The summed E-state index contributed by atoms with van der Waals surface area (Å²) >= 11 is 24.3. The third-order valence-corrected chi connectivity index (χ3v) is 10.6. The molecule has 4 aliphatic rings. The van der Waals surface area contributed by atoms with Crippen molar-refractivity contribution in [1.82, 2.24) is 0 Å². The molecule has 0 radical (unpaired) electrons. The zero-order chi connectivity index (χ0) is 33.2. The molecule has 9 nitrogen and oxygen atoms in total. The van der Waals surface area contributed by atoms with Gasteiger partial charge >= 0.3 is 41.5 Å². The summed E-state index contributed by atoms with van der Waals surface area (Å²) in [7, 11) is 2.98. The number of cyclic esters (lactones) is 2. The van der Waals surface area contributed by atoms with Crippen molar-refractivity contribution in [2.75, 3.05) is 14.2 Å². The van der Waals surface area contributed by atoms with E-state index in [1.807, 2.05) is 0 Å². The maximum atomic E-state index is 12.4. The van der Waals surface area contributed by atoms with E-state index in [4.69, 9.17) is 65.4 Å². The van der Waals surface area contributed by atoms with Crippen LogP contribution in [0.5, 0.6) is 0 Å². The predicted molar refractivity (Wildman–Crippen MR) is 186 cm³/mol. The molecular weight excluding hydrogens is 729 g/mol. The quantitative estimate of drug-likeness (QED) is 0.250. The first-order valence-electron chi connectivity index (χ1n) is 15.2. The molecule has 2 aromatic carbocycles. The Morgan fingerprint density at radius 3 is 1.27 bits per heavy atom. The van der Waals surface area contributed by atoms with Gasteiger partial charge in [0.05, 0.1) is 20.9 Å². The van der Waals surface area contributed by atoms with Crippen LogP contribution < -0.4 is 29.6 Å². The smallest absolute Gasteiger partial charge is 0.870 e. The van der Waals surface area contributed by atoms with Crippen LogP contribution in [-0.4, -0.2) is 54.4 Å². The number of aliphatic hydroxyl groups excluding tert-OH is 2. The third-order valence-electron chi connectivity index (χ3n) is 9.48. The monoisotopic (exact) mass is 768 g/mol. The summed E-state index contributed by atoms with van der Waals surface area (Å²) in [6.45, 7) is 0. The maximum absolute atomic E-state index is 12.4. The van der Waals surface area contributed by atoms with E-state index in [-0.39, 0.29) is 65.1 Å². The van der Waals surface area contributed by atoms with Crippen molar-refractivity contribution in [1.29, 1.82) is 0 Å². The molecule has 3 N–H and O–H groups in total. The van der Waals surface area contributed by atoms with Crippen molar-refractivity contribution in [2.24, 2.45) is 10.8 Å². The average Bonchev–Trinajstić information content (AvgIpc) is 3.04. The van der Waals surface area contributed by atoms with E-state index in [9.17, 15) is 19.8 Å². The number of ether oxygens (including phenoxy) is 4. The van der Waals surface area contributed by atoms with Crippen molar-refractivity contribution in [3.63, 3.8) is 0 Å². The second-order valence-corrected chi connectivity index (χ2v) is 13.8. The van der Waals surface area contributed by atoms with E-state index >= 15 is 0 Å². The minimum atomic E-state index is -0.773. The zero-order valence-electron chi connectivity index (χ0n) is 27.0. The van der Waals surface area contributed by atoms with Crippen LogP contribution in [-0.2, 0) is 28.5 Å². The largest absolute Gasteiger partial charge is 1.00 e. The topological polar surface area (TPSA) is 142 Å². The molecule has 14 heteroatoms. The van der Waals surface area contributed by atoms with Gasteiger partial charge in [0.15, 0.2) is 0 Å². The van der Waals surface area contributed by atoms with Gasteiger partial charge in [-0.05, 0) is 49.9 Å². The number of carbonyl (C=O) groups is 2. The molecule has 0 saturated heterocycles. The number of halogens is 4. The van der Waals surface area contributed by atoms with Crippen LogP contribution in [0.3, 0.4) is 0 Å². The maximum Gasteiger partial charge on any atom is 1.00 e. The Balaban J connectivity index is 0.000000321. The number of hydrogen-bond donors (Lipinski definition) is 2. The van der Waals surface area contributed by atoms with E-state index in [1.165, 1.54) is 14.2 Å². The number of aliphatic hydroxyl groups is 2. The number of carbonyl (C=O) groups excluding carboxylic acids is 2. The molecule has 6 rings (SSSR count). The number of rotatable bonds is 4. The second kappa shape index (κ2) is 18.3. The summed E-state index contributed by atoms with van der Waals surface area (Å²) in [5.74, 6) is -1.22. The molecule has 0 aromatic heterocycles. The van der Waals surface area contributed by atoms with Crippen LogP contribution in [0.4, 0.5) is 0 Å². The van der Waals surface area contributed by atoms with Crippen molar-refractivity contribution in [3.8, 4) is 0 Å². The molecule has 2 aliphatic heterocycles. The standard InChI is InChI=1S/2C17H18Cl2O4.CH4.Na.H2O/c2*1-22-16-17(7-3-2-4-8-17)14(20)13(15(21)23-16)11-6-5-10(18)9-12(11)19;;;/h2*5-6,9,16,20H,2-4,7-8H2,1H3;1H4;;1H2/q;;;+1;/p-1. The first kappa shape index (κ1) is 43.7. The molecule has 2 spiro atoms. The van der Waals surface area contributed by atoms with Crippen molar-refractivity contribution in [2.45, 2.75) is 84.2 Å². The van der Waals surface area contributed by atoms with E-state index < -0.39 is 35.3 Å². The van der Waals surface area contributed by atoms with Gasteiger partial charge < -0.3 is 34.6 Å². The van der Waals surface area contributed by atoms with E-state index in [2.05, 4.69) is 0 Å². The Labute approximate surface area is 329 Å². The van der Waals surface area contributed by atoms with Crippen LogP contribution in [0.15, 0.2) is 47.9 Å². The molecule has 0 amide bonds. The Kier molecular flexibility index (Phi) is 16.3. The molecule has 2 aromatic rings. The minimum absolute atomic E-state index is 0.